The van der Waals surface area contributed by atoms with Crippen molar-refractivity contribution in [3.05, 3.63) is 27.7 Å². The molecule has 1 aliphatic heterocycles. The third-order valence-corrected chi connectivity index (χ3v) is 3.60. The highest BCUT2D eigenvalue weighted by Gasteiger charge is 2.14. The van der Waals surface area contributed by atoms with E-state index in [4.69, 9.17) is 27.9 Å². The topological polar surface area (TPSA) is 41.5 Å². The molecule has 0 spiro atoms. The summed E-state index contributed by atoms with van der Waals surface area (Å²) in [4.78, 5) is 0. The Morgan fingerprint density at radius 2 is 2.22 bits per heavy atom. The first-order chi connectivity index (χ1) is 8.66. The number of phenolic OH excluding ortho intramolecular Hbond substituents is 1. The normalized spacial score (nSPS) is 19.3. The van der Waals surface area contributed by atoms with E-state index in [2.05, 4.69) is 5.32 Å². The quantitative estimate of drug-likeness (QED) is 0.817. The molecular weight excluding hydrogens is 273 g/mol. The van der Waals surface area contributed by atoms with Crippen LogP contribution in [-0.4, -0.2) is 24.4 Å². The van der Waals surface area contributed by atoms with Crippen LogP contribution >= 0.6 is 23.2 Å². The fourth-order valence-corrected chi connectivity index (χ4v) is 2.65. The summed E-state index contributed by atoms with van der Waals surface area (Å²) in [5, 5.41) is 13.9. The van der Waals surface area contributed by atoms with Gasteiger partial charge in [0.1, 0.15) is 5.75 Å². The van der Waals surface area contributed by atoms with Gasteiger partial charge in [0.2, 0.25) is 0 Å². The molecule has 100 valence electrons. The Balaban J connectivity index is 1.79. The van der Waals surface area contributed by atoms with E-state index in [9.17, 15) is 5.11 Å². The van der Waals surface area contributed by atoms with Crippen LogP contribution in [-0.2, 0) is 11.3 Å². The maximum atomic E-state index is 9.78. The molecule has 1 heterocycles. The van der Waals surface area contributed by atoms with E-state index >= 15 is 0 Å². The first-order valence-electron chi connectivity index (χ1n) is 6.16. The van der Waals surface area contributed by atoms with Crippen molar-refractivity contribution < 1.29 is 9.84 Å². The molecule has 1 fully saturated rings. The van der Waals surface area contributed by atoms with Gasteiger partial charge in [-0.05, 0) is 37.9 Å². The lowest BCUT2D eigenvalue weighted by Gasteiger charge is -2.11. The fraction of sp³-hybridized carbons (Fsp3) is 0.538. The molecule has 1 aromatic rings. The summed E-state index contributed by atoms with van der Waals surface area (Å²) in [5.41, 5.74) is 0.722. The van der Waals surface area contributed by atoms with Crippen molar-refractivity contribution in [1.82, 2.24) is 5.32 Å². The summed E-state index contributed by atoms with van der Waals surface area (Å²) in [6.07, 6.45) is 3.69. The minimum absolute atomic E-state index is 0.102. The van der Waals surface area contributed by atoms with Crippen LogP contribution in [0.4, 0.5) is 0 Å². The average Bonchev–Trinajstić information content (AvgIpc) is 2.83. The van der Waals surface area contributed by atoms with E-state index in [0.29, 0.717) is 22.7 Å². The highest BCUT2D eigenvalue weighted by Crippen LogP contribution is 2.30. The van der Waals surface area contributed by atoms with Crippen LogP contribution in [0, 0.1) is 0 Å². The van der Waals surface area contributed by atoms with Crippen LogP contribution in [0.1, 0.15) is 24.8 Å². The van der Waals surface area contributed by atoms with Gasteiger partial charge in [0.05, 0.1) is 11.1 Å². The minimum Gasteiger partial charge on any atom is -0.506 e. The van der Waals surface area contributed by atoms with Gasteiger partial charge in [-0.15, -0.1) is 0 Å². The lowest BCUT2D eigenvalue weighted by Crippen LogP contribution is -2.19. The molecule has 0 aromatic heterocycles. The predicted octanol–water partition coefficient (Wildman–Crippen LogP) is 3.36. The molecule has 1 aromatic carbocycles. The Kier molecular flexibility index (Phi) is 5.13. The third-order valence-electron chi connectivity index (χ3n) is 3.09. The zero-order chi connectivity index (χ0) is 13.0. The molecular formula is C13H17Cl2NO2. The first kappa shape index (κ1) is 13.9. The number of hydrogen-bond acceptors (Lipinski definition) is 3. The standard InChI is InChI=1S/C13H17Cl2NO2/c14-10-6-9(13(17)12(15)7-10)8-16-4-3-11-2-1-5-18-11/h6-7,11,16-17H,1-5,8H2. The second-order valence-electron chi connectivity index (χ2n) is 4.50. The molecule has 1 unspecified atom stereocenters. The largest absolute Gasteiger partial charge is 0.506 e. The van der Waals surface area contributed by atoms with Crippen molar-refractivity contribution in [3.63, 3.8) is 0 Å². The van der Waals surface area contributed by atoms with E-state index in [-0.39, 0.29) is 5.75 Å². The molecule has 0 bridgehead atoms. The van der Waals surface area contributed by atoms with Crippen molar-refractivity contribution in [2.45, 2.75) is 31.9 Å². The van der Waals surface area contributed by atoms with Gasteiger partial charge in [-0.2, -0.15) is 0 Å². The van der Waals surface area contributed by atoms with Gasteiger partial charge < -0.3 is 15.2 Å². The van der Waals surface area contributed by atoms with Crippen molar-refractivity contribution in [3.8, 4) is 5.75 Å². The fourth-order valence-electron chi connectivity index (χ4n) is 2.11. The van der Waals surface area contributed by atoms with Gasteiger partial charge in [-0.3, -0.25) is 0 Å². The summed E-state index contributed by atoms with van der Waals surface area (Å²) < 4.78 is 5.54. The summed E-state index contributed by atoms with van der Waals surface area (Å²) in [5.74, 6) is 0.102. The number of ether oxygens (including phenoxy) is 1. The smallest absolute Gasteiger partial charge is 0.138 e. The monoisotopic (exact) mass is 289 g/mol. The van der Waals surface area contributed by atoms with E-state index in [0.717, 1.165) is 38.0 Å². The molecule has 2 rings (SSSR count). The SMILES string of the molecule is Oc1c(Cl)cc(Cl)cc1CNCCC1CCCO1. The lowest BCUT2D eigenvalue weighted by molar-refractivity contribution is 0.104. The highest BCUT2D eigenvalue weighted by molar-refractivity contribution is 6.35. The second kappa shape index (κ2) is 6.62. The Bertz CT molecular complexity index is 406. The Labute approximate surface area is 117 Å². The molecule has 0 aliphatic carbocycles. The zero-order valence-electron chi connectivity index (χ0n) is 10.1. The van der Waals surface area contributed by atoms with Crippen LogP contribution in [0.5, 0.6) is 5.75 Å². The number of phenols is 1. The number of hydrogen-bond donors (Lipinski definition) is 2. The summed E-state index contributed by atoms with van der Waals surface area (Å²) >= 11 is 11.7. The second-order valence-corrected chi connectivity index (χ2v) is 5.34. The van der Waals surface area contributed by atoms with Crippen LogP contribution in [0.15, 0.2) is 12.1 Å². The zero-order valence-corrected chi connectivity index (χ0v) is 11.6. The lowest BCUT2D eigenvalue weighted by atomic mass is 10.1. The molecule has 2 N–H and O–H groups in total. The van der Waals surface area contributed by atoms with Crippen molar-refractivity contribution >= 4 is 23.2 Å². The van der Waals surface area contributed by atoms with Crippen molar-refractivity contribution in [2.75, 3.05) is 13.2 Å². The molecule has 0 amide bonds. The van der Waals surface area contributed by atoms with Gasteiger partial charge in [0, 0.05) is 23.7 Å². The first-order valence-corrected chi connectivity index (χ1v) is 6.91. The maximum Gasteiger partial charge on any atom is 0.138 e. The van der Waals surface area contributed by atoms with E-state index < -0.39 is 0 Å². The maximum absolute atomic E-state index is 9.78. The highest BCUT2D eigenvalue weighted by atomic mass is 35.5. The number of nitrogens with one attached hydrogen (secondary N) is 1. The van der Waals surface area contributed by atoms with Crippen LogP contribution in [0.25, 0.3) is 0 Å². The summed E-state index contributed by atoms with van der Waals surface area (Å²) in [6.45, 7) is 2.29. The van der Waals surface area contributed by atoms with Gasteiger partial charge in [-0.25, -0.2) is 0 Å². The number of rotatable bonds is 5. The molecule has 1 atom stereocenters. The van der Waals surface area contributed by atoms with Crippen molar-refractivity contribution in [1.29, 1.82) is 0 Å². The molecule has 1 saturated heterocycles. The average molecular weight is 290 g/mol. The predicted molar refractivity (Wildman–Crippen MR) is 73.4 cm³/mol. The Morgan fingerprint density at radius 3 is 2.94 bits per heavy atom. The molecule has 3 nitrogen and oxygen atoms in total. The van der Waals surface area contributed by atoms with Gasteiger partial charge in [0.25, 0.3) is 0 Å². The van der Waals surface area contributed by atoms with Gasteiger partial charge in [-0.1, -0.05) is 23.2 Å². The molecule has 0 radical (unpaired) electrons. The number of halogens is 2. The van der Waals surface area contributed by atoms with Crippen molar-refractivity contribution in [2.24, 2.45) is 0 Å². The molecule has 0 saturated carbocycles. The number of aromatic hydroxyl groups is 1. The van der Waals surface area contributed by atoms with E-state index in [1.807, 2.05) is 0 Å². The van der Waals surface area contributed by atoms with Gasteiger partial charge in [0.15, 0.2) is 0 Å². The van der Waals surface area contributed by atoms with E-state index in [1.165, 1.54) is 6.07 Å². The van der Waals surface area contributed by atoms with Gasteiger partial charge >= 0.3 is 0 Å². The third kappa shape index (κ3) is 3.75. The van der Waals surface area contributed by atoms with Crippen LogP contribution < -0.4 is 5.32 Å². The van der Waals surface area contributed by atoms with Crippen LogP contribution in [0.2, 0.25) is 10.0 Å². The summed E-state index contributed by atoms with van der Waals surface area (Å²) in [6, 6.07) is 3.26. The summed E-state index contributed by atoms with van der Waals surface area (Å²) in [7, 11) is 0. The Hall–Kier alpha value is -0.480. The van der Waals surface area contributed by atoms with E-state index in [1.54, 1.807) is 6.07 Å². The molecule has 18 heavy (non-hydrogen) atoms. The molecule has 1 aliphatic rings. The Morgan fingerprint density at radius 1 is 1.39 bits per heavy atom. The van der Waals surface area contributed by atoms with Crippen LogP contribution in [0.3, 0.4) is 0 Å². The minimum atomic E-state index is 0.102. The number of benzene rings is 1. The molecule has 5 heteroatoms.